The van der Waals surface area contributed by atoms with Gasteiger partial charge in [0.2, 0.25) is 5.91 Å². The second-order valence-corrected chi connectivity index (χ2v) is 10.2. The monoisotopic (exact) mass is 526 g/mol. The number of benzene rings is 3. The van der Waals surface area contributed by atoms with E-state index in [1.165, 1.54) is 0 Å². The van der Waals surface area contributed by atoms with Crippen LogP contribution in [0.5, 0.6) is 0 Å². The fourth-order valence-corrected chi connectivity index (χ4v) is 5.22. The van der Waals surface area contributed by atoms with Crippen LogP contribution in [0, 0.1) is 5.92 Å². The number of carbonyl (C=O) groups excluding carboxylic acids is 1. The van der Waals surface area contributed by atoms with Gasteiger partial charge in [0.05, 0.1) is 34.2 Å². The molecule has 2 heterocycles. The third-order valence-corrected chi connectivity index (χ3v) is 7.22. The summed E-state index contributed by atoms with van der Waals surface area (Å²) in [6, 6.07) is 21.2. The van der Waals surface area contributed by atoms with E-state index in [0.29, 0.717) is 35.4 Å². The van der Waals surface area contributed by atoms with Gasteiger partial charge in [-0.1, -0.05) is 59.1 Å². The Balaban J connectivity index is 1.33. The van der Waals surface area contributed by atoms with Crippen LogP contribution < -0.4 is 5.32 Å². The number of imidazole rings is 1. The molecule has 0 bridgehead atoms. The van der Waals surface area contributed by atoms with Crippen LogP contribution in [0.25, 0.3) is 11.0 Å². The molecular formula is C27H25Cl3N4O. The number of hydrogen-bond donors (Lipinski definition) is 1. The van der Waals surface area contributed by atoms with E-state index in [4.69, 9.17) is 39.8 Å². The number of halogens is 3. The molecule has 1 saturated heterocycles. The largest absolute Gasteiger partial charge is 0.324 e. The molecule has 0 unspecified atom stereocenters. The number of piperidine rings is 1. The van der Waals surface area contributed by atoms with Crippen molar-refractivity contribution in [1.29, 1.82) is 0 Å². The molecule has 0 radical (unpaired) electrons. The lowest BCUT2D eigenvalue weighted by molar-refractivity contribution is -0.121. The summed E-state index contributed by atoms with van der Waals surface area (Å²) < 4.78 is 2.26. The number of nitrogens with zero attached hydrogens (tertiary/aromatic N) is 3. The van der Waals surface area contributed by atoms with Crippen LogP contribution in [0.1, 0.15) is 24.2 Å². The van der Waals surface area contributed by atoms with Gasteiger partial charge in [-0.25, -0.2) is 4.98 Å². The van der Waals surface area contributed by atoms with Crippen molar-refractivity contribution in [2.75, 3.05) is 18.4 Å². The first kappa shape index (κ1) is 24.1. The van der Waals surface area contributed by atoms with E-state index in [9.17, 15) is 4.79 Å². The third kappa shape index (κ3) is 5.65. The normalized spacial score (nSPS) is 16.5. The van der Waals surface area contributed by atoms with Crippen LogP contribution in [0.15, 0.2) is 66.7 Å². The Morgan fingerprint density at radius 3 is 2.54 bits per heavy atom. The summed E-state index contributed by atoms with van der Waals surface area (Å²) in [5, 5.41) is 4.68. The van der Waals surface area contributed by atoms with Crippen molar-refractivity contribution in [3.05, 3.63) is 93.2 Å². The average molecular weight is 528 g/mol. The summed E-state index contributed by atoms with van der Waals surface area (Å²) in [6.45, 7) is 2.98. The molecule has 35 heavy (non-hydrogen) atoms. The van der Waals surface area contributed by atoms with Crippen molar-refractivity contribution < 1.29 is 4.79 Å². The molecule has 0 saturated carbocycles. The second kappa shape index (κ2) is 10.6. The highest BCUT2D eigenvalue weighted by atomic mass is 35.5. The van der Waals surface area contributed by atoms with Crippen molar-refractivity contribution in [2.45, 2.75) is 25.9 Å². The van der Waals surface area contributed by atoms with E-state index in [0.717, 1.165) is 46.8 Å². The summed E-state index contributed by atoms with van der Waals surface area (Å²) >= 11 is 18.3. The molecule has 1 fully saturated rings. The first-order valence-corrected chi connectivity index (χ1v) is 12.8. The maximum atomic E-state index is 13.0. The molecule has 1 aliphatic rings. The summed E-state index contributed by atoms with van der Waals surface area (Å²) in [5.74, 6) is 0.848. The van der Waals surface area contributed by atoms with Crippen LogP contribution in [0.2, 0.25) is 15.1 Å². The average Bonchev–Trinajstić information content (AvgIpc) is 3.19. The molecule has 0 aliphatic carbocycles. The molecule has 3 aromatic carbocycles. The number of anilines is 1. The minimum absolute atomic E-state index is 0.0198. The standard InChI is InChI=1S/C27H25Cl3N4O/c28-20-9-7-18(8-10-20)15-34-25-6-2-1-5-24(25)31-26(34)17-33-13-3-4-19(16-33)27(35)32-23-12-11-21(29)14-22(23)30/h1-2,5-12,14,19H,3-4,13,15-17H2,(H,32,35)/t19-/m0/s1. The first-order valence-electron chi connectivity index (χ1n) is 11.6. The fraction of sp³-hybridized carbons (Fsp3) is 0.259. The van der Waals surface area contributed by atoms with Crippen molar-refractivity contribution in [3.63, 3.8) is 0 Å². The van der Waals surface area contributed by atoms with E-state index in [1.807, 2.05) is 42.5 Å². The Morgan fingerprint density at radius 2 is 1.74 bits per heavy atom. The molecule has 5 nitrogen and oxygen atoms in total. The lowest BCUT2D eigenvalue weighted by atomic mass is 9.97. The van der Waals surface area contributed by atoms with Crippen LogP contribution in [-0.4, -0.2) is 33.4 Å². The summed E-state index contributed by atoms with van der Waals surface area (Å²) in [5.41, 5.74) is 3.82. The molecule has 1 N–H and O–H groups in total. The Labute approximate surface area is 219 Å². The number of likely N-dealkylation sites (tertiary alicyclic amines) is 1. The Morgan fingerprint density at radius 1 is 0.971 bits per heavy atom. The van der Waals surface area contributed by atoms with E-state index in [2.05, 4.69) is 20.9 Å². The molecule has 1 amide bonds. The third-order valence-electron chi connectivity index (χ3n) is 6.42. The summed E-state index contributed by atoms with van der Waals surface area (Å²) in [4.78, 5) is 20.3. The summed E-state index contributed by atoms with van der Waals surface area (Å²) in [6.07, 6.45) is 1.79. The molecule has 1 atom stereocenters. The molecule has 1 aromatic heterocycles. The van der Waals surface area contributed by atoms with E-state index in [-0.39, 0.29) is 11.8 Å². The van der Waals surface area contributed by atoms with Gasteiger partial charge in [0, 0.05) is 23.1 Å². The van der Waals surface area contributed by atoms with Crippen LogP contribution in [0.4, 0.5) is 5.69 Å². The predicted molar refractivity (Wildman–Crippen MR) is 143 cm³/mol. The highest BCUT2D eigenvalue weighted by molar-refractivity contribution is 6.36. The van der Waals surface area contributed by atoms with Gasteiger partial charge in [-0.2, -0.15) is 0 Å². The second-order valence-electron chi connectivity index (χ2n) is 8.92. The van der Waals surface area contributed by atoms with Crippen molar-refractivity contribution in [2.24, 2.45) is 5.92 Å². The minimum atomic E-state index is -0.121. The number of nitrogens with one attached hydrogen (secondary N) is 1. The Kier molecular flexibility index (Phi) is 7.30. The quantitative estimate of drug-likeness (QED) is 0.297. The van der Waals surface area contributed by atoms with E-state index >= 15 is 0 Å². The predicted octanol–water partition coefficient (Wildman–Crippen LogP) is 6.90. The SMILES string of the molecule is O=C(Nc1ccc(Cl)cc1Cl)[C@H]1CCCN(Cc2nc3ccccc3n2Cc2ccc(Cl)cc2)C1. The molecule has 4 aromatic rings. The minimum Gasteiger partial charge on any atom is -0.324 e. The zero-order chi connectivity index (χ0) is 24.4. The zero-order valence-corrected chi connectivity index (χ0v) is 21.3. The fourth-order valence-electron chi connectivity index (χ4n) is 4.63. The van der Waals surface area contributed by atoms with Crippen LogP contribution in [-0.2, 0) is 17.9 Å². The van der Waals surface area contributed by atoms with Crippen molar-refractivity contribution in [3.8, 4) is 0 Å². The Hall–Kier alpha value is -2.57. The summed E-state index contributed by atoms with van der Waals surface area (Å²) in [7, 11) is 0. The number of para-hydroxylation sites is 2. The molecule has 5 rings (SSSR count). The van der Waals surface area contributed by atoms with Crippen molar-refractivity contribution >= 4 is 57.4 Å². The number of rotatable bonds is 6. The number of amides is 1. The van der Waals surface area contributed by atoms with Gasteiger partial charge in [-0.05, 0) is 67.4 Å². The topological polar surface area (TPSA) is 50.2 Å². The van der Waals surface area contributed by atoms with Gasteiger partial charge in [-0.15, -0.1) is 0 Å². The van der Waals surface area contributed by atoms with Crippen LogP contribution in [0.3, 0.4) is 0 Å². The first-order chi connectivity index (χ1) is 17.0. The van der Waals surface area contributed by atoms with Gasteiger partial charge in [0.1, 0.15) is 5.82 Å². The lowest BCUT2D eigenvalue weighted by Gasteiger charge is -2.32. The van der Waals surface area contributed by atoms with E-state index < -0.39 is 0 Å². The van der Waals surface area contributed by atoms with Gasteiger partial charge in [0.15, 0.2) is 0 Å². The maximum Gasteiger partial charge on any atom is 0.228 e. The smallest absolute Gasteiger partial charge is 0.228 e. The molecule has 8 heteroatoms. The molecule has 0 spiro atoms. The van der Waals surface area contributed by atoms with Gasteiger partial charge >= 0.3 is 0 Å². The van der Waals surface area contributed by atoms with Gasteiger partial charge in [0.25, 0.3) is 0 Å². The Bertz CT molecular complexity index is 1350. The maximum absolute atomic E-state index is 13.0. The van der Waals surface area contributed by atoms with Gasteiger partial charge in [-0.3, -0.25) is 9.69 Å². The number of hydrogen-bond acceptors (Lipinski definition) is 3. The highest BCUT2D eigenvalue weighted by Gasteiger charge is 2.27. The van der Waals surface area contributed by atoms with Crippen LogP contribution >= 0.6 is 34.8 Å². The molecule has 1 aliphatic heterocycles. The number of fused-ring (bicyclic) bond motifs is 1. The number of carbonyl (C=O) groups is 1. The van der Waals surface area contributed by atoms with E-state index in [1.54, 1.807) is 18.2 Å². The lowest BCUT2D eigenvalue weighted by Crippen LogP contribution is -2.40. The van der Waals surface area contributed by atoms with Crippen molar-refractivity contribution in [1.82, 2.24) is 14.5 Å². The number of aromatic nitrogens is 2. The molecule has 180 valence electrons. The van der Waals surface area contributed by atoms with Gasteiger partial charge < -0.3 is 9.88 Å². The highest BCUT2D eigenvalue weighted by Crippen LogP contribution is 2.28. The molecular weight excluding hydrogens is 503 g/mol. The zero-order valence-electron chi connectivity index (χ0n) is 19.1.